The van der Waals surface area contributed by atoms with E-state index in [4.69, 9.17) is 11.6 Å². The molecule has 0 fully saturated rings. The van der Waals surface area contributed by atoms with Crippen LogP contribution < -0.4 is 5.69 Å². The van der Waals surface area contributed by atoms with Gasteiger partial charge in [0.25, 0.3) is 0 Å². The van der Waals surface area contributed by atoms with Crippen LogP contribution in [0.3, 0.4) is 0 Å². The highest BCUT2D eigenvalue weighted by molar-refractivity contribution is 6.30. The zero-order chi connectivity index (χ0) is 14.4. The number of nitrogens with zero attached hydrogens (tertiary/aromatic N) is 3. The quantitative estimate of drug-likeness (QED) is 0.874. The van der Waals surface area contributed by atoms with Crippen molar-refractivity contribution in [2.75, 3.05) is 0 Å². The topological polar surface area (TPSA) is 60.1 Å². The van der Waals surface area contributed by atoms with Crippen LogP contribution in [-0.4, -0.2) is 25.4 Å². The molecule has 3 rings (SSSR count). The van der Waals surface area contributed by atoms with Gasteiger partial charge in [0.05, 0.1) is 10.7 Å². The summed E-state index contributed by atoms with van der Waals surface area (Å²) in [5.41, 5.74) is -0.483. The number of alkyl halides is 1. The van der Waals surface area contributed by atoms with Gasteiger partial charge in [-0.3, -0.25) is 4.57 Å². The first-order valence-corrected chi connectivity index (χ1v) is 6.35. The van der Waals surface area contributed by atoms with Gasteiger partial charge >= 0.3 is 5.69 Å². The van der Waals surface area contributed by atoms with Crippen LogP contribution in [0.1, 0.15) is 12.1 Å². The molecule has 1 N–H and O–H groups in total. The summed E-state index contributed by atoms with van der Waals surface area (Å²) >= 11 is 5.60. The second kappa shape index (κ2) is 4.59. The van der Waals surface area contributed by atoms with E-state index in [0.717, 1.165) is 10.6 Å². The highest BCUT2D eigenvalue weighted by atomic mass is 35.5. The van der Waals surface area contributed by atoms with Crippen LogP contribution in [-0.2, 0) is 13.0 Å². The summed E-state index contributed by atoms with van der Waals surface area (Å²) in [4.78, 5) is 15.9. The van der Waals surface area contributed by atoms with Gasteiger partial charge in [-0.2, -0.15) is 0 Å². The molecule has 0 saturated heterocycles. The number of pyridine rings is 1. The minimum atomic E-state index is -1.13. The Labute approximate surface area is 117 Å². The molecule has 20 heavy (non-hydrogen) atoms. The smallest absolute Gasteiger partial charge is 0.337 e. The van der Waals surface area contributed by atoms with Crippen LogP contribution in [0.2, 0.25) is 5.02 Å². The Bertz CT molecular complexity index is 741. The normalized spacial score (nSPS) is 18.1. The van der Waals surface area contributed by atoms with E-state index in [0.29, 0.717) is 0 Å². The average Bonchev–Trinajstić information content (AvgIpc) is 2.63. The molecule has 2 aromatic heterocycles. The van der Waals surface area contributed by atoms with Gasteiger partial charge in [-0.25, -0.2) is 23.1 Å². The molecular weight excluding hydrogens is 292 g/mol. The van der Waals surface area contributed by atoms with E-state index in [1.165, 1.54) is 10.8 Å². The molecule has 0 aliphatic carbocycles. The zero-order valence-electron chi connectivity index (χ0n) is 10.2. The molecule has 8 heteroatoms. The van der Waals surface area contributed by atoms with Gasteiger partial charge in [0.1, 0.15) is 6.17 Å². The summed E-state index contributed by atoms with van der Waals surface area (Å²) in [5, 5.41) is 10.1. The van der Waals surface area contributed by atoms with Crippen LogP contribution in [0.5, 0.6) is 5.88 Å². The van der Waals surface area contributed by atoms with E-state index in [-0.39, 0.29) is 35.9 Å². The fourth-order valence-electron chi connectivity index (χ4n) is 2.35. The maximum atomic E-state index is 13.8. The summed E-state index contributed by atoms with van der Waals surface area (Å²) in [7, 11) is 0. The summed E-state index contributed by atoms with van der Waals surface area (Å²) < 4.78 is 29.2. The number of hydrogen-bond donors (Lipinski definition) is 1. The summed E-state index contributed by atoms with van der Waals surface area (Å²) in [5.74, 6) is -1.67. The molecule has 0 aromatic carbocycles. The largest absolute Gasteiger partial charge is 0.493 e. The Hall–Kier alpha value is -1.89. The lowest BCUT2D eigenvalue weighted by Gasteiger charge is -2.16. The molecular formula is C12H10ClF2N3O2. The van der Waals surface area contributed by atoms with E-state index < -0.39 is 23.6 Å². The van der Waals surface area contributed by atoms with Gasteiger partial charge < -0.3 is 5.11 Å². The third kappa shape index (κ3) is 1.89. The average molecular weight is 302 g/mol. The number of rotatable bonds is 1. The van der Waals surface area contributed by atoms with Gasteiger partial charge in [-0.15, -0.1) is 0 Å². The molecule has 1 aliphatic rings. The predicted octanol–water partition coefficient (Wildman–Crippen LogP) is 1.82. The van der Waals surface area contributed by atoms with Crippen LogP contribution in [0.15, 0.2) is 17.1 Å². The van der Waals surface area contributed by atoms with Gasteiger partial charge in [-0.1, -0.05) is 11.6 Å². The summed E-state index contributed by atoms with van der Waals surface area (Å²) in [6.07, 6.45) is 0.149. The van der Waals surface area contributed by atoms with Gasteiger partial charge in [0.2, 0.25) is 5.88 Å². The predicted molar refractivity (Wildman–Crippen MR) is 67.7 cm³/mol. The highest BCUT2D eigenvalue weighted by Gasteiger charge is 2.28. The summed E-state index contributed by atoms with van der Waals surface area (Å²) in [6, 6.07) is 0.990. The Morgan fingerprint density at radius 1 is 1.50 bits per heavy atom. The van der Waals surface area contributed by atoms with E-state index >= 15 is 0 Å². The van der Waals surface area contributed by atoms with E-state index in [9.17, 15) is 18.7 Å². The van der Waals surface area contributed by atoms with Crippen molar-refractivity contribution in [1.82, 2.24) is 14.1 Å². The Morgan fingerprint density at radius 2 is 2.25 bits per heavy atom. The standard InChI is InChI=1S/C12H10ClF2N3O2/c13-6-3-8(15)10(16-5-6)18-11(19)9-4-7(14)1-2-17(9)12(18)20/h3,5,7,19H,1-2,4H2. The lowest BCUT2D eigenvalue weighted by Crippen LogP contribution is -2.29. The number of aromatic nitrogens is 3. The Morgan fingerprint density at radius 3 is 2.95 bits per heavy atom. The monoisotopic (exact) mass is 301 g/mol. The zero-order valence-corrected chi connectivity index (χ0v) is 10.9. The van der Waals surface area contributed by atoms with Crippen molar-refractivity contribution < 1.29 is 13.9 Å². The first-order valence-electron chi connectivity index (χ1n) is 5.98. The molecule has 3 heterocycles. The first kappa shape index (κ1) is 13.1. The first-order chi connectivity index (χ1) is 9.49. The van der Waals surface area contributed by atoms with Crippen molar-refractivity contribution in [1.29, 1.82) is 0 Å². The van der Waals surface area contributed by atoms with Crippen LogP contribution in [0.4, 0.5) is 8.78 Å². The third-order valence-electron chi connectivity index (χ3n) is 3.30. The molecule has 0 radical (unpaired) electrons. The second-order valence-electron chi connectivity index (χ2n) is 4.59. The molecule has 5 nitrogen and oxygen atoms in total. The maximum absolute atomic E-state index is 13.8. The van der Waals surface area contributed by atoms with Crippen LogP contribution in [0.25, 0.3) is 5.82 Å². The SMILES string of the molecule is O=c1n2c(c(O)n1-c1ncc(Cl)cc1F)CC(F)CC2. The van der Waals surface area contributed by atoms with Crippen molar-refractivity contribution >= 4 is 11.6 Å². The second-order valence-corrected chi connectivity index (χ2v) is 5.03. The van der Waals surface area contributed by atoms with Crippen LogP contribution in [0, 0.1) is 5.82 Å². The fraction of sp³-hybridized carbons (Fsp3) is 0.333. The molecule has 2 aromatic rings. The molecule has 1 atom stereocenters. The number of halogens is 3. The van der Waals surface area contributed by atoms with Crippen molar-refractivity contribution in [2.45, 2.75) is 25.6 Å². The lowest BCUT2D eigenvalue weighted by atomic mass is 10.1. The molecule has 1 aliphatic heterocycles. The van der Waals surface area contributed by atoms with Gasteiger partial charge in [0, 0.05) is 19.2 Å². The molecule has 0 amide bonds. The highest BCUT2D eigenvalue weighted by Crippen LogP contribution is 2.27. The minimum Gasteiger partial charge on any atom is -0.493 e. The molecule has 0 spiro atoms. The molecule has 0 saturated carbocycles. The third-order valence-corrected chi connectivity index (χ3v) is 3.51. The Kier molecular flexibility index (Phi) is 3.01. The van der Waals surface area contributed by atoms with Gasteiger partial charge in [0.15, 0.2) is 11.6 Å². The maximum Gasteiger partial charge on any atom is 0.337 e. The van der Waals surface area contributed by atoms with E-state index in [1.54, 1.807) is 0 Å². The van der Waals surface area contributed by atoms with E-state index in [1.807, 2.05) is 0 Å². The van der Waals surface area contributed by atoms with Crippen molar-refractivity contribution in [3.05, 3.63) is 39.3 Å². The molecule has 1 unspecified atom stereocenters. The fourth-order valence-corrected chi connectivity index (χ4v) is 2.50. The van der Waals surface area contributed by atoms with Crippen molar-refractivity contribution in [2.24, 2.45) is 0 Å². The Balaban J connectivity index is 2.23. The number of fused-ring (bicyclic) bond motifs is 1. The number of imidazole rings is 1. The van der Waals surface area contributed by atoms with Crippen molar-refractivity contribution in [3.8, 4) is 11.7 Å². The van der Waals surface area contributed by atoms with Crippen LogP contribution >= 0.6 is 11.6 Å². The van der Waals surface area contributed by atoms with Gasteiger partial charge in [-0.05, 0) is 12.5 Å². The van der Waals surface area contributed by atoms with E-state index in [2.05, 4.69) is 4.98 Å². The minimum absolute atomic E-state index is 0.0755. The van der Waals surface area contributed by atoms with Crippen molar-refractivity contribution in [3.63, 3.8) is 0 Å². The number of aromatic hydroxyl groups is 1. The molecule has 0 bridgehead atoms. The lowest BCUT2D eigenvalue weighted by molar-refractivity contribution is 0.265. The summed E-state index contributed by atoms with van der Waals surface area (Å²) in [6.45, 7) is 0.144. The number of hydrogen-bond acceptors (Lipinski definition) is 3. The molecule has 106 valence electrons.